The number of benzene rings is 1. The average molecular weight is 504 g/mol. The quantitative estimate of drug-likeness (QED) is 0.528. The summed E-state index contributed by atoms with van der Waals surface area (Å²) in [5.74, 6) is 2.70. The molecule has 34 heavy (non-hydrogen) atoms. The molecule has 3 fully saturated rings. The third-order valence-electron chi connectivity index (χ3n) is 10.2. The maximum atomic E-state index is 12.9. The van der Waals surface area contributed by atoms with E-state index < -0.39 is 0 Å². The molecule has 1 N–H and O–H groups in total. The summed E-state index contributed by atoms with van der Waals surface area (Å²) in [4.78, 5) is 27.2. The molecule has 0 spiro atoms. The normalized spacial score (nSPS) is 38.8. The fourth-order valence-corrected chi connectivity index (χ4v) is 8.65. The van der Waals surface area contributed by atoms with E-state index in [-0.39, 0.29) is 22.6 Å². The van der Waals surface area contributed by atoms with Gasteiger partial charge in [-0.25, -0.2) is 0 Å². The number of nitrogens with zero attached hydrogens (tertiary/aromatic N) is 1. The Kier molecular flexibility index (Phi) is 6.30. The van der Waals surface area contributed by atoms with Crippen molar-refractivity contribution in [3.8, 4) is 0 Å². The fraction of sp³-hybridized carbons (Fsp3) is 0.643. The zero-order valence-electron chi connectivity index (χ0n) is 20.4. The standard InChI is InChI=1S/C28H36Cl2N2O2/c1-27-12-10-21-19(6-9-24-28(21,2)13-11-26(34)32(24)3)20(27)7-5-18(27)15-25(33)31-16-17-4-8-22(29)23(30)14-17/h4,8,11,13-14,18-21,24H,5-7,9-10,12,15-16H2,1-3H3,(H,31,33)/t18-,19+,20+,21+,24-,27-,28-/m1/s1. The van der Waals surface area contributed by atoms with E-state index in [1.54, 1.807) is 6.07 Å². The van der Waals surface area contributed by atoms with Crippen molar-refractivity contribution in [1.29, 1.82) is 0 Å². The first-order valence-electron chi connectivity index (χ1n) is 12.8. The van der Waals surface area contributed by atoms with Crippen LogP contribution < -0.4 is 5.32 Å². The van der Waals surface area contributed by atoms with Crippen molar-refractivity contribution in [3.05, 3.63) is 46.0 Å². The highest BCUT2D eigenvalue weighted by Crippen LogP contribution is 2.65. The van der Waals surface area contributed by atoms with Crippen LogP contribution in [0.5, 0.6) is 0 Å². The lowest BCUT2D eigenvalue weighted by molar-refractivity contribution is -0.139. The lowest BCUT2D eigenvalue weighted by Gasteiger charge is -2.60. The topological polar surface area (TPSA) is 49.4 Å². The number of fused-ring (bicyclic) bond motifs is 5. The average Bonchev–Trinajstić information content (AvgIpc) is 3.13. The molecule has 184 valence electrons. The van der Waals surface area contributed by atoms with E-state index in [0.29, 0.717) is 52.7 Å². The predicted octanol–water partition coefficient (Wildman–Crippen LogP) is 6.26. The summed E-state index contributed by atoms with van der Waals surface area (Å²) in [5.41, 5.74) is 1.26. The van der Waals surface area contributed by atoms with Gasteiger partial charge in [0.25, 0.3) is 0 Å². The van der Waals surface area contributed by atoms with E-state index >= 15 is 0 Å². The number of hydrogen-bond donors (Lipinski definition) is 1. The molecule has 5 rings (SSSR count). The van der Waals surface area contributed by atoms with Crippen molar-refractivity contribution >= 4 is 35.0 Å². The van der Waals surface area contributed by atoms with E-state index in [1.807, 2.05) is 30.2 Å². The molecule has 1 heterocycles. The number of nitrogens with one attached hydrogen (secondary N) is 1. The Balaban J connectivity index is 1.25. The van der Waals surface area contributed by atoms with Crippen molar-refractivity contribution in [2.45, 2.75) is 71.4 Å². The van der Waals surface area contributed by atoms with Gasteiger partial charge in [-0.05, 0) is 91.4 Å². The molecule has 6 heteroatoms. The Morgan fingerprint density at radius 1 is 1.09 bits per heavy atom. The van der Waals surface area contributed by atoms with Gasteiger partial charge in [-0.15, -0.1) is 0 Å². The Morgan fingerprint density at radius 2 is 1.88 bits per heavy atom. The van der Waals surface area contributed by atoms with Crippen LogP contribution >= 0.6 is 23.2 Å². The first-order chi connectivity index (χ1) is 16.1. The molecule has 7 atom stereocenters. The second-order valence-electron chi connectivity index (χ2n) is 11.7. The van der Waals surface area contributed by atoms with Gasteiger partial charge in [0.1, 0.15) is 0 Å². The highest BCUT2D eigenvalue weighted by Gasteiger charge is 2.60. The van der Waals surface area contributed by atoms with Crippen LogP contribution in [0.2, 0.25) is 10.0 Å². The van der Waals surface area contributed by atoms with Gasteiger partial charge in [0.2, 0.25) is 11.8 Å². The molecule has 0 saturated heterocycles. The molecule has 1 aliphatic heterocycles. The SMILES string of the molecule is CN1C(=O)C=C[C@]2(C)[C@H]3CC[C@]4(C)[C@@H](CC(=O)NCc5ccc(Cl)c(Cl)c5)CC[C@H]4[C@@H]3CC[C@@H]12. The first-order valence-corrected chi connectivity index (χ1v) is 13.6. The van der Waals surface area contributed by atoms with Crippen LogP contribution in [0.3, 0.4) is 0 Å². The highest BCUT2D eigenvalue weighted by atomic mass is 35.5. The fourth-order valence-electron chi connectivity index (χ4n) is 8.33. The van der Waals surface area contributed by atoms with Gasteiger partial charge in [-0.1, -0.05) is 49.2 Å². The Labute approximate surface area is 213 Å². The third-order valence-corrected chi connectivity index (χ3v) is 11.0. The molecule has 3 saturated carbocycles. The van der Waals surface area contributed by atoms with Gasteiger partial charge in [0, 0.05) is 31.5 Å². The van der Waals surface area contributed by atoms with Crippen molar-refractivity contribution in [2.24, 2.45) is 34.5 Å². The molecule has 2 amide bonds. The zero-order chi connectivity index (χ0) is 24.3. The molecular weight excluding hydrogens is 467 g/mol. The van der Waals surface area contributed by atoms with Crippen molar-refractivity contribution < 1.29 is 9.59 Å². The maximum absolute atomic E-state index is 12.9. The Hall–Kier alpha value is -1.52. The molecule has 3 aliphatic carbocycles. The third kappa shape index (κ3) is 3.89. The number of halogens is 2. The second kappa shape index (κ2) is 8.85. The zero-order valence-corrected chi connectivity index (χ0v) is 22.0. The summed E-state index contributed by atoms with van der Waals surface area (Å²) < 4.78 is 0. The summed E-state index contributed by atoms with van der Waals surface area (Å²) in [6, 6.07) is 5.82. The van der Waals surface area contributed by atoms with Gasteiger partial charge in [-0.3, -0.25) is 9.59 Å². The van der Waals surface area contributed by atoms with Gasteiger partial charge in [0.15, 0.2) is 0 Å². The largest absolute Gasteiger partial charge is 0.352 e. The summed E-state index contributed by atoms with van der Waals surface area (Å²) >= 11 is 12.1. The van der Waals surface area contributed by atoms with Crippen LogP contribution in [0.15, 0.2) is 30.4 Å². The number of hydrogen-bond acceptors (Lipinski definition) is 2. The van der Waals surface area contributed by atoms with E-state index in [4.69, 9.17) is 23.2 Å². The number of likely N-dealkylation sites (N-methyl/N-ethyl adjacent to an activating group) is 1. The molecule has 0 bridgehead atoms. The van der Waals surface area contributed by atoms with Crippen molar-refractivity contribution in [2.75, 3.05) is 7.05 Å². The maximum Gasteiger partial charge on any atom is 0.246 e. The van der Waals surface area contributed by atoms with Crippen LogP contribution in [-0.4, -0.2) is 29.8 Å². The first kappa shape index (κ1) is 24.2. The Morgan fingerprint density at radius 3 is 2.65 bits per heavy atom. The minimum Gasteiger partial charge on any atom is -0.352 e. The van der Waals surface area contributed by atoms with E-state index in [2.05, 4.69) is 25.2 Å². The lowest BCUT2D eigenvalue weighted by Crippen LogP contribution is -2.59. The number of carbonyl (C=O) groups is 2. The molecule has 0 unspecified atom stereocenters. The number of rotatable bonds is 4. The summed E-state index contributed by atoms with van der Waals surface area (Å²) in [6.07, 6.45) is 11.7. The molecule has 4 nitrogen and oxygen atoms in total. The summed E-state index contributed by atoms with van der Waals surface area (Å²) in [5, 5.41) is 4.15. The summed E-state index contributed by atoms with van der Waals surface area (Å²) in [6.45, 7) is 5.32. The van der Waals surface area contributed by atoms with Gasteiger partial charge < -0.3 is 10.2 Å². The molecule has 0 aromatic heterocycles. The van der Waals surface area contributed by atoms with Gasteiger partial charge in [0.05, 0.1) is 10.0 Å². The lowest BCUT2D eigenvalue weighted by atomic mass is 9.47. The highest BCUT2D eigenvalue weighted by molar-refractivity contribution is 6.42. The van der Waals surface area contributed by atoms with Crippen LogP contribution in [0, 0.1) is 34.5 Å². The summed E-state index contributed by atoms with van der Waals surface area (Å²) in [7, 11) is 1.98. The van der Waals surface area contributed by atoms with Gasteiger partial charge >= 0.3 is 0 Å². The predicted molar refractivity (Wildman–Crippen MR) is 136 cm³/mol. The van der Waals surface area contributed by atoms with Crippen molar-refractivity contribution in [3.63, 3.8) is 0 Å². The Bertz CT molecular complexity index is 1030. The minimum atomic E-state index is 0.0716. The van der Waals surface area contributed by atoms with Crippen LogP contribution in [0.1, 0.15) is 64.4 Å². The monoisotopic (exact) mass is 502 g/mol. The van der Waals surface area contributed by atoms with E-state index in [1.165, 1.54) is 25.7 Å². The van der Waals surface area contributed by atoms with Crippen molar-refractivity contribution in [1.82, 2.24) is 10.2 Å². The molecule has 1 aromatic carbocycles. The molecule has 0 radical (unpaired) electrons. The number of carbonyl (C=O) groups excluding carboxylic acids is 2. The second-order valence-corrected chi connectivity index (χ2v) is 12.5. The van der Waals surface area contributed by atoms with E-state index in [9.17, 15) is 9.59 Å². The molecule has 1 aromatic rings. The van der Waals surface area contributed by atoms with Crippen LogP contribution in [0.25, 0.3) is 0 Å². The molecular formula is C28H36Cl2N2O2. The smallest absolute Gasteiger partial charge is 0.246 e. The molecule has 4 aliphatic rings. The van der Waals surface area contributed by atoms with Gasteiger partial charge in [-0.2, -0.15) is 0 Å². The van der Waals surface area contributed by atoms with Crippen LogP contribution in [0.4, 0.5) is 0 Å². The van der Waals surface area contributed by atoms with Crippen LogP contribution in [-0.2, 0) is 16.1 Å². The number of amides is 2. The minimum absolute atomic E-state index is 0.0716. The van der Waals surface area contributed by atoms with E-state index in [0.717, 1.165) is 18.4 Å².